The number of carbonyl (C=O) groups excluding carboxylic acids is 1. The topological polar surface area (TPSA) is 35.5 Å². The zero-order valence-electron chi connectivity index (χ0n) is 9.05. The minimum Gasteiger partial charge on any atom is -0.438 e. The van der Waals surface area contributed by atoms with Crippen LogP contribution < -0.4 is 0 Å². The Balaban J connectivity index is 2.66. The molecule has 1 aliphatic rings. The maximum atomic E-state index is 11.1. The summed E-state index contributed by atoms with van der Waals surface area (Å²) in [6.07, 6.45) is 3.62. The van der Waals surface area contributed by atoms with Crippen molar-refractivity contribution in [3.05, 3.63) is 0 Å². The standard InChI is InChI=1S/C10H15Cl3O3/c1-15-9(14)16-8(10(11,12)13)7-5-3-2-4-6-7/h7-8H,2-6H2,1H3. The predicted octanol–water partition coefficient (Wildman–Crippen LogP) is 4.09. The number of alkyl halides is 3. The summed E-state index contributed by atoms with van der Waals surface area (Å²) in [7, 11) is 1.23. The summed E-state index contributed by atoms with van der Waals surface area (Å²) in [5.41, 5.74) is 0. The first kappa shape index (κ1) is 14.2. The first-order valence-electron chi connectivity index (χ1n) is 5.26. The summed E-state index contributed by atoms with van der Waals surface area (Å²) in [6, 6.07) is 0. The van der Waals surface area contributed by atoms with Crippen molar-refractivity contribution >= 4 is 41.0 Å². The third-order valence-electron chi connectivity index (χ3n) is 2.79. The molecule has 0 aliphatic heterocycles. The van der Waals surface area contributed by atoms with Gasteiger partial charge in [0, 0.05) is 5.92 Å². The van der Waals surface area contributed by atoms with Crippen molar-refractivity contribution in [1.29, 1.82) is 0 Å². The van der Waals surface area contributed by atoms with Gasteiger partial charge in [-0.15, -0.1) is 0 Å². The highest BCUT2D eigenvalue weighted by molar-refractivity contribution is 6.68. The van der Waals surface area contributed by atoms with Crippen LogP contribution in [0.4, 0.5) is 4.79 Å². The molecule has 0 saturated heterocycles. The number of halogens is 3. The van der Waals surface area contributed by atoms with Crippen molar-refractivity contribution in [1.82, 2.24) is 0 Å². The first-order valence-corrected chi connectivity index (χ1v) is 6.40. The highest BCUT2D eigenvalue weighted by Crippen LogP contribution is 2.41. The molecule has 0 N–H and O–H groups in total. The van der Waals surface area contributed by atoms with Crippen molar-refractivity contribution in [2.45, 2.75) is 42.0 Å². The van der Waals surface area contributed by atoms with E-state index < -0.39 is 16.1 Å². The Morgan fingerprint density at radius 1 is 1.25 bits per heavy atom. The zero-order chi connectivity index (χ0) is 12.2. The van der Waals surface area contributed by atoms with Gasteiger partial charge in [-0.25, -0.2) is 4.79 Å². The van der Waals surface area contributed by atoms with Crippen LogP contribution in [-0.4, -0.2) is 23.2 Å². The molecule has 1 atom stereocenters. The summed E-state index contributed by atoms with van der Waals surface area (Å²) in [4.78, 5) is 11.1. The second-order valence-electron chi connectivity index (χ2n) is 3.93. The molecule has 1 fully saturated rings. The number of rotatable bonds is 2. The van der Waals surface area contributed by atoms with E-state index in [0.717, 1.165) is 25.7 Å². The molecule has 3 nitrogen and oxygen atoms in total. The van der Waals surface area contributed by atoms with Gasteiger partial charge in [0.1, 0.15) is 0 Å². The quantitative estimate of drug-likeness (QED) is 0.567. The van der Waals surface area contributed by atoms with Crippen molar-refractivity contribution in [3.63, 3.8) is 0 Å². The van der Waals surface area contributed by atoms with Gasteiger partial charge in [-0.2, -0.15) is 0 Å². The lowest BCUT2D eigenvalue weighted by Gasteiger charge is -2.33. The van der Waals surface area contributed by atoms with Gasteiger partial charge in [-0.1, -0.05) is 54.1 Å². The highest BCUT2D eigenvalue weighted by atomic mass is 35.6. The van der Waals surface area contributed by atoms with E-state index in [1.807, 2.05) is 0 Å². The van der Waals surface area contributed by atoms with Crippen molar-refractivity contribution in [2.24, 2.45) is 5.92 Å². The molecule has 16 heavy (non-hydrogen) atoms. The monoisotopic (exact) mass is 288 g/mol. The fraction of sp³-hybridized carbons (Fsp3) is 0.900. The van der Waals surface area contributed by atoms with Crippen molar-refractivity contribution in [3.8, 4) is 0 Å². The van der Waals surface area contributed by atoms with Gasteiger partial charge < -0.3 is 9.47 Å². The van der Waals surface area contributed by atoms with Crippen molar-refractivity contribution in [2.75, 3.05) is 7.11 Å². The Morgan fingerprint density at radius 3 is 2.25 bits per heavy atom. The van der Waals surface area contributed by atoms with Gasteiger partial charge in [0.15, 0.2) is 6.10 Å². The van der Waals surface area contributed by atoms with E-state index in [1.165, 1.54) is 13.5 Å². The average molecular weight is 290 g/mol. The van der Waals surface area contributed by atoms with E-state index in [0.29, 0.717) is 0 Å². The van der Waals surface area contributed by atoms with Crippen molar-refractivity contribution < 1.29 is 14.3 Å². The molecule has 1 unspecified atom stereocenters. The molecule has 0 aromatic rings. The van der Waals surface area contributed by atoms with E-state index in [4.69, 9.17) is 39.5 Å². The minimum absolute atomic E-state index is 0.0975. The van der Waals surface area contributed by atoms with Gasteiger partial charge in [0.05, 0.1) is 7.11 Å². The number of ether oxygens (including phenoxy) is 2. The number of methoxy groups -OCH3 is 1. The van der Waals surface area contributed by atoms with Crippen LogP contribution in [0, 0.1) is 5.92 Å². The van der Waals surface area contributed by atoms with Gasteiger partial charge in [-0.05, 0) is 12.8 Å². The molecule has 0 bridgehead atoms. The molecule has 0 spiro atoms. The lowest BCUT2D eigenvalue weighted by Crippen LogP contribution is -2.39. The van der Waals surface area contributed by atoms with Crippen LogP contribution in [-0.2, 0) is 9.47 Å². The molecule has 1 aliphatic carbocycles. The van der Waals surface area contributed by atoms with E-state index >= 15 is 0 Å². The number of hydrogen-bond acceptors (Lipinski definition) is 3. The minimum atomic E-state index is -1.60. The van der Waals surface area contributed by atoms with Crippen LogP contribution in [0.1, 0.15) is 32.1 Å². The SMILES string of the molecule is COC(=O)OC(C1CCCCC1)C(Cl)(Cl)Cl. The maximum Gasteiger partial charge on any atom is 0.508 e. The molecule has 1 rings (SSSR count). The molecule has 0 aromatic heterocycles. The summed E-state index contributed by atoms with van der Waals surface area (Å²) in [5, 5.41) is 0. The molecule has 94 valence electrons. The normalized spacial score (nSPS) is 20.2. The van der Waals surface area contributed by atoms with E-state index in [2.05, 4.69) is 4.74 Å². The Kier molecular flexibility index (Phi) is 5.48. The maximum absolute atomic E-state index is 11.1. The number of hydrogen-bond donors (Lipinski definition) is 0. The third-order valence-corrected chi connectivity index (χ3v) is 3.44. The Labute approximate surface area is 110 Å². The van der Waals surface area contributed by atoms with Crippen LogP contribution in [0.15, 0.2) is 0 Å². The van der Waals surface area contributed by atoms with Gasteiger partial charge in [0.25, 0.3) is 0 Å². The van der Waals surface area contributed by atoms with Crippen LogP contribution >= 0.6 is 34.8 Å². The fourth-order valence-corrected chi connectivity index (χ4v) is 2.69. The Bertz CT molecular complexity index is 234. The molecular weight excluding hydrogens is 274 g/mol. The summed E-state index contributed by atoms with van der Waals surface area (Å²) >= 11 is 17.5. The molecule has 0 aromatic carbocycles. The molecular formula is C10H15Cl3O3. The third kappa shape index (κ3) is 4.19. The first-order chi connectivity index (χ1) is 7.45. The zero-order valence-corrected chi connectivity index (χ0v) is 11.3. The molecule has 1 saturated carbocycles. The summed E-state index contributed by atoms with van der Waals surface area (Å²) < 4.78 is 7.88. The highest BCUT2D eigenvalue weighted by Gasteiger charge is 2.42. The van der Waals surface area contributed by atoms with E-state index in [1.54, 1.807) is 0 Å². The van der Waals surface area contributed by atoms with Crippen LogP contribution in [0.25, 0.3) is 0 Å². The fourth-order valence-electron chi connectivity index (χ4n) is 2.02. The number of carbonyl (C=O) groups is 1. The predicted molar refractivity (Wildman–Crippen MR) is 64.1 cm³/mol. The smallest absolute Gasteiger partial charge is 0.438 e. The lowest BCUT2D eigenvalue weighted by molar-refractivity contribution is 0.00651. The summed E-state index contributed by atoms with van der Waals surface area (Å²) in [5.74, 6) is 0.0975. The largest absolute Gasteiger partial charge is 0.508 e. The van der Waals surface area contributed by atoms with Gasteiger partial charge >= 0.3 is 6.16 Å². The van der Waals surface area contributed by atoms with Gasteiger partial charge in [0.2, 0.25) is 3.79 Å². The lowest BCUT2D eigenvalue weighted by atomic mass is 9.85. The van der Waals surface area contributed by atoms with Crippen LogP contribution in [0.3, 0.4) is 0 Å². The van der Waals surface area contributed by atoms with Gasteiger partial charge in [-0.3, -0.25) is 0 Å². The van der Waals surface area contributed by atoms with E-state index in [-0.39, 0.29) is 5.92 Å². The van der Waals surface area contributed by atoms with Crippen LogP contribution in [0.5, 0.6) is 0 Å². The second-order valence-corrected chi connectivity index (χ2v) is 6.30. The van der Waals surface area contributed by atoms with E-state index in [9.17, 15) is 4.79 Å². The second kappa shape index (κ2) is 6.18. The Morgan fingerprint density at radius 2 is 1.81 bits per heavy atom. The van der Waals surface area contributed by atoms with Crippen LogP contribution in [0.2, 0.25) is 0 Å². The Hall–Kier alpha value is 0.140. The molecule has 6 heteroatoms. The molecule has 0 radical (unpaired) electrons. The summed E-state index contributed by atoms with van der Waals surface area (Å²) in [6.45, 7) is 0. The average Bonchev–Trinajstić information content (AvgIpc) is 2.25. The molecule has 0 amide bonds. The molecule has 0 heterocycles.